The number of piperidine rings is 2. The first-order chi connectivity index (χ1) is 11.9. The molecule has 2 atom stereocenters. The van der Waals surface area contributed by atoms with Gasteiger partial charge in [-0.2, -0.15) is 13.2 Å². The molecule has 1 aliphatic carbocycles. The summed E-state index contributed by atoms with van der Waals surface area (Å²) < 4.78 is 37.5. The fourth-order valence-corrected chi connectivity index (χ4v) is 4.80. The van der Waals surface area contributed by atoms with Crippen LogP contribution in [0.15, 0.2) is 24.3 Å². The van der Waals surface area contributed by atoms with Crippen molar-refractivity contribution < 1.29 is 18.0 Å². The van der Waals surface area contributed by atoms with Crippen molar-refractivity contribution in [3.05, 3.63) is 35.4 Å². The Morgan fingerprint density at radius 1 is 1.04 bits per heavy atom. The van der Waals surface area contributed by atoms with Gasteiger partial charge in [0.05, 0.1) is 12.6 Å². The molecule has 5 rings (SSSR count). The van der Waals surface area contributed by atoms with Gasteiger partial charge in [-0.05, 0) is 49.9 Å². The lowest BCUT2D eigenvalue weighted by atomic mass is 9.74. The Kier molecular flexibility index (Phi) is 4.26. The fourth-order valence-electron chi connectivity index (χ4n) is 4.80. The molecule has 0 spiro atoms. The third-order valence-corrected chi connectivity index (χ3v) is 6.00. The van der Waals surface area contributed by atoms with Crippen LogP contribution in [0.2, 0.25) is 0 Å². The minimum atomic E-state index is -4.16. The van der Waals surface area contributed by atoms with E-state index in [4.69, 9.17) is 0 Å². The molecule has 1 aromatic carbocycles. The van der Waals surface area contributed by atoms with Crippen molar-refractivity contribution in [2.24, 2.45) is 5.92 Å². The smallest absolute Gasteiger partial charge is 0.335 e. The predicted octanol–water partition coefficient (Wildman–Crippen LogP) is 3.72. The summed E-state index contributed by atoms with van der Waals surface area (Å²) in [5.41, 5.74) is 2.65. The van der Waals surface area contributed by atoms with Crippen molar-refractivity contribution in [1.82, 2.24) is 9.80 Å². The molecule has 1 amide bonds. The Morgan fingerprint density at radius 2 is 1.72 bits per heavy atom. The number of benzene rings is 1. The van der Waals surface area contributed by atoms with E-state index in [1.165, 1.54) is 16.0 Å². The summed E-state index contributed by atoms with van der Waals surface area (Å²) in [6.45, 7) is 0.613. The summed E-state index contributed by atoms with van der Waals surface area (Å²) in [7, 11) is 0. The normalized spacial score (nSPS) is 27.4. The average Bonchev–Trinajstić information content (AvgIpc) is 2.61. The van der Waals surface area contributed by atoms with E-state index in [1.807, 2.05) is 11.0 Å². The van der Waals surface area contributed by atoms with Crippen molar-refractivity contribution in [3.8, 4) is 0 Å². The molecule has 0 aromatic heterocycles. The van der Waals surface area contributed by atoms with Gasteiger partial charge in [0.15, 0.2) is 0 Å². The van der Waals surface area contributed by atoms with Gasteiger partial charge in [-0.1, -0.05) is 24.3 Å². The first-order valence-electron chi connectivity index (χ1n) is 9.11. The minimum Gasteiger partial charge on any atom is -0.335 e. The number of nitrogens with zero attached hydrogens (tertiary/aromatic N) is 2. The highest BCUT2D eigenvalue weighted by Crippen LogP contribution is 2.47. The standard InChI is InChI=1S/C19H23F3N2O/c20-19(21,22)12-23-9-7-13(8-10-23)18(25)24-11-14-5-6-17(24)16-4-2-1-3-15(14)16/h1-4,13-14,17H,5-12H2/t14-,17+/m1/s1. The van der Waals surface area contributed by atoms with E-state index in [9.17, 15) is 18.0 Å². The van der Waals surface area contributed by atoms with Crippen LogP contribution in [-0.2, 0) is 4.79 Å². The van der Waals surface area contributed by atoms with Gasteiger partial charge >= 0.3 is 6.18 Å². The van der Waals surface area contributed by atoms with Crippen molar-refractivity contribution in [2.45, 2.75) is 43.8 Å². The maximum atomic E-state index is 13.0. The van der Waals surface area contributed by atoms with Crippen LogP contribution in [-0.4, -0.2) is 48.1 Å². The van der Waals surface area contributed by atoms with Crippen LogP contribution in [0.3, 0.4) is 0 Å². The molecule has 0 unspecified atom stereocenters. The van der Waals surface area contributed by atoms with Gasteiger partial charge < -0.3 is 4.90 Å². The van der Waals surface area contributed by atoms with Crippen LogP contribution in [0, 0.1) is 5.92 Å². The van der Waals surface area contributed by atoms with E-state index in [1.54, 1.807) is 0 Å². The molecule has 3 aliphatic heterocycles. The van der Waals surface area contributed by atoms with Crippen molar-refractivity contribution in [3.63, 3.8) is 0 Å². The van der Waals surface area contributed by atoms with Crippen LogP contribution < -0.4 is 0 Å². The predicted molar refractivity (Wildman–Crippen MR) is 88.1 cm³/mol. The highest BCUT2D eigenvalue weighted by Gasteiger charge is 2.42. The number of amides is 1. The first-order valence-corrected chi connectivity index (χ1v) is 9.11. The third kappa shape index (κ3) is 3.28. The van der Waals surface area contributed by atoms with Gasteiger partial charge in [0.2, 0.25) is 5.91 Å². The second kappa shape index (κ2) is 6.31. The summed E-state index contributed by atoms with van der Waals surface area (Å²) in [6, 6.07) is 8.53. The van der Waals surface area contributed by atoms with E-state index in [0.29, 0.717) is 31.8 Å². The van der Waals surface area contributed by atoms with E-state index in [-0.39, 0.29) is 17.9 Å². The molecule has 0 saturated carbocycles. The van der Waals surface area contributed by atoms with Gasteiger partial charge in [-0.15, -0.1) is 0 Å². The van der Waals surface area contributed by atoms with Gasteiger partial charge in [-0.25, -0.2) is 0 Å². The van der Waals surface area contributed by atoms with Crippen molar-refractivity contribution in [2.75, 3.05) is 26.2 Å². The van der Waals surface area contributed by atoms with Crippen molar-refractivity contribution in [1.29, 1.82) is 0 Å². The monoisotopic (exact) mass is 352 g/mol. The zero-order valence-corrected chi connectivity index (χ0v) is 14.1. The van der Waals surface area contributed by atoms with E-state index >= 15 is 0 Å². The van der Waals surface area contributed by atoms with Gasteiger partial charge in [0, 0.05) is 18.4 Å². The fraction of sp³-hybridized carbons (Fsp3) is 0.632. The minimum absolute atomic E-state index is 0.129. The highest BCUT2D eigenvalue weighted by atomic mass is 19.4. The lowest BCUT2D eigenvalue weighted by molar-refractivity contribution is -0.152. The lowest BCUT2D eigenvalue weighted by Crippen LogP contribution is -2.50. The van der Waals surface area contributed by atoms with E-state index < -0.39 is 12.7 Å². The number of rotatable bonds is 2. The second-order valence-electron chi connectivity index (χ2n) is 7.58. The summed E-state index contributed by atoms with van der Waals surface area (Å²) in [5, 5.41) is 0. The Hall–Kier alpha value is -1.56. The second-order valence-corrected chi connectivity index (χ2v) is 7.58. The molecule has 4 aliphatic rings. The molecule has 1 aromatic rings. The number of halogens is 3. The zero-order chi connectivity index (χ0) is 17.6. The number of carbonyl (C=O) groups excluding carboxylic acids is 1. The summed E-state index contributed by atoms with van der Waals surface area (Å²) in [6.07, 6.45) is -0.975. The van der Waals surface area contributed by atoms with Crippen LogP contribution in [0.4, 0.5) is 13.2 Å². The Morgan fingerprint density at radius 3 is 2.40 bits per heavy atom. The number of hydrogen-bond acceptors (Lipinski definition) is 2. The molecule has 3 heterocycles. The van der Waals surface area contributed by atoms with Crippen molar-refractivity contribution >= 4 is 5.91 Å². The largest absolute Gasteiger partial charge is 0.401 e. The molecule has 3 nitrogen and oxygen atoms in total. The quantitative estimate of drug-likeness (QED) is 0.810. The maximum absolute atomic E-state index is 13.0. The Labute approximate surface area is 145 Å². The molecule has 2 bridgehead atoms. The van der Waals surface area contributed by atoms with E-state index in [0.717, 1.165) is 19.4 Å². The molecule has 0 N–H and O–H groups in total. The topological polar surface area (TPSA) is 23.6 Å². The SMILES string of the molecule is O=C(C1CCN(CC(F)(F)F)CC1)N1C[C@H]2CC[C@H]1c1ccccc12. The Bertz CT molecular complexity index is 652. The summed E-state index contributed by atoms with van der Waals surface area (Å²) in [4.78, 5) is 16.5. The first kappa shape index (κ1) is 16.9. The maximum Gasteiger partial charge on any atom is 0.401 e. The lowest BCUT2D eigenvalue weighted by Gasteiger charge is -2.48. The van der Waals surface area contributed by atoms with Gasteiger partial charge in [0.25, 0.3) is 0 Å². The highest BCUT2D eigenvalue weighted by molar-refractivity contribution is 5.80. The average molecular weight is 352 g/mol. The number of fused-ring (bicyclic) bond motifs is 2. The molecule has 2 saturated heterocycles. The number of hydrogen-bond donors (Lipinski definition) is 0. The number of likely N-dealkylation sites (tertiary alicyclic amines) is 1. The zero-order valence-electron chi connectivity index (χ0n) is 14.1. The molecular weight excluding hydrogens is 329 g/mol. The Balaban J connectivity index is 1.42. The van der Waals surface area contributed by atoms with Gasteiger partial charge in [0.1, 0.15) is 0 Å². The molecular formula is C19H23F3N2O. The van der Waals surface area contributed by atoms with Gasteiger partial charge in [-0.3, -0.25) is 9.69 Å². The number of carbonyl (C=O) groups is 1. The molecule has 2 fully saturated rings. The van der Waals surface area contributed by atoms with Crippen LogP contribution in [0.5, 0.6) is 0 Å². The van der Waals surface area contributed by atoms with E-state index in [2.05, 4.69) is 18.2 Å². The summed E-state index contributed by atoms with van der Waals surface area (Å²) in [5.74, 6) is 0.433. The number of alkyl halides is 3. The molecule has 25 heavy (non-hydrogen) atoms. The molecule has 0 radical (unpaired) electrons. The van der Waals surface area contributed by atoms with Crippen LogP contribution in [0.25, 0.3) is 0 Å². The molecule has 6 heteroatoms. The molecule has 136 valence electrons. The van der Waals surface area contributed by atoms with Crippen LogP contribution in [0.1, 0.15) is 48.8 Å². The van der Waals surface area contributed by atoms with Crippen LogP contribution >= 0.6 is 0 Å². The third-order valence-electron chi connectivity index (χ3n) is 6.00. The summed E-state index contributed by atoms with van der Waals surface area (Å²) >= 11 is 0.